The first kappa shape index (κ1) is 14.7. The minimum Gasteiger partial charge on any atom is -0.477 e. The summed E-state index contributed by atoms with van der Waals surface area (Å²) in [6, 6.07) is 1.40. The Morgan fingerprint density at radius 1 is 1.50 bits per heavy atom. The van der Waals surface area contributed by atoms with Gasteiger partial charge in [-0.25, -0.2) is 4.79 Å². The van der Waals surface area contributed by atoms with Crippen molar-refractivity contribution in [3.63, 3.8) is 0 Å². The number of ether oxygens (including phenoxy) is 1. The Labute approximate surface area is 115 Å². The van der Waals surface area contributed by atoms with Gasteiger partial charge < -0.3 is 15.2 Å². The molecule has 0 aromatic carbocycles. The maximum absolute atomic E-state index is 11.7. The molecule has 0 saturated heterocycles. The van der Waals surface area contributed by atoms with E-state index in [4.69, 9.17) is 5.11 Å². The molecule has 98 valence electrons. The number of carboxylic acid groups (broad SMARTS) is 1. The smallest absolute Gasteiger partial charge is 0.346 e. The molecule has 0 aliphatic rings. The molecule has 0 aliphatic carbocycles. The second kappa shape index (κ2) is 6.50. The number of halogens is 1. The molecule has 0 spiro atoms. The highest BCUT2D eigenvalue weighted by Gasteiger charge is 2.20. The second-order valence-electron chi connectivity index (χ2n) is 3.09. The van der Waals surface area contributed by atoms with Crippen molar-refractivity contribution in [2.24, 2.45) is 0 Å². The van der Waals surface area contributed by atoms with Gasteiger partial charge in [-0.2, -0.15) is 0 Å². The van der Waals surface area contributed by atoms with E-state index in [0.717, 1.165) is 11.3 Å². The molecule has 8 heteroatoms. The molecule has 1 aromatic rings. The summed E-state index contributed by atoms with van der Waals surface area (Å²) in [5.41, 5.74) is 0.0173. The average Bonchev–Trinajstić information content (AvgIpc) is 2.69. The van der Waals surface area contributed by atoms with Crippen LogP contribution in [0.15, 0.2) is 9.85 Å². The van der Waals surface area contributed by atoms with Crippen LogP contribution in [0.1, 0.15) is 27.0 Å². The quantitative estimate of drug-likeness (QED) is 0.795. The van der Waals surface area contributed by atoms with Gasteiger partial charge in [0.15, 0.2) is 0 Å². The number of carbonyl (C=O) groups excluding carboxylic acids is 2. The van der Waals surface area contributed by atoms with E-state index >= 15 is 0 Å². The summed E-state index contributed by atoms with van der Waals surface area (Å²) in [5.74, 6) is -2.38. The van der Waals surface area contributed by atoms with E-state index in [1.54, 1.807) is 6.92 Å². The molecule has 1 aromatic heterocycles. The van der Waals surface area contributed by atoms with E-state index in [-0.39, 0.29) is 23.6 Å². The Morgan fingerprint density at radius 3 is 2.72 bits per heavy atom. The molecule has 0 saturated carbocycles. The van der Waals surface area contributed by atoms with Gasteiger partial charge in [-0.05, 0) is 28.9 Å². The van der Waals surface area contributed by atoms with E-state index in [0.29, 0.717) is 3.79 Å². The zero-order valence-electron chi connectivity index (χ0n) is 9.36. The molecule has 0 atom stereocenters. The van der Waals surface area contributed by atoms with Crippen molar-refractivity contribution < 1.29 is 24.2 Å². The summed E-state index contributed by atoms with van der Waals surface area (Å²) < 4.78 is 5.16. The van der Waals surface area contributed by atoms with Crippen LogP contribution in [0, 0.1) is 0 Å². The van der Waals surface area contributed by atoms with Gasteiger partial charge in [0.25, 0.3) is 5.91 Å². The summed E-state index contributed by atoms with van der Waals surface area (Å²) in [6.45, 7) is 1.58. The van der Waals surface area contributed by atoms with Gasteiger partial charge in [-0.3, -0.25) is 9.59 Å². The number of aromatic carboxylic acids is 1. The van der Waals surface area contributed by atoms with Gasteiger partial charge in [0.05, 0.1) is 16.0 Å². The summed E-state index contributed by atoms with van der Waals surface area (Å²) in [4.78, 5) is 33.6. The minimum absolute atomic E-state index is 0.0173. The van der Waals surface area contributed by atoms with Gasteiger partial charge >= 0.3 is 11.9 Å². The van der Waals surface area contributed by atoms with E-state index in [2.05, 4.69) is 26.0 Å². The van der Waals surface area contributed by atoms with Crippen LogP contribution in [0.4, 0.5) is 0 Å². The molecule has 0 bridgehead atoms. The first-order valence-electron chi connectivity index (χ1n) is 4.92. The topological polar surface area (TPSA) is 92.7 Å². The van der Waals surface area contributed by atoms with Gasteiger partial charge in [-0.15, -0.1) is 11.3 Å². The predicted molar refractivity (Wildman–Crippen MR) is 67.9 cm³/mol. The van der Waals surface area contributed by atoms with Crippen LogP contribution < -0.4 is 5.32 Å². The van der Waals surface area contributed by atoms with Crippen molar-refractivity contribution >= 4 is 45.1 Å². The molecule has 6 nitrogen and oxygen atoms in total. The number of carboxylic acids is 1. The standard InChI is InChI=1S/C10H10BrNO5S/c1-2-17-7(13)4-12-9(14)5-3-6(11)18-8(5)10(15)16/h3H,2,4H2,1H3,(H,12,14)(H,15,16). The minimum atomic E-state index is -1.19. The molecular formula is C10H10BrNO5S. The van der Waals surface area contributed by atoms with Crippen molar-refractivity contribution in [3.05, 3.63) is 20.3 Å². The number of thiophene rings is 1. The molecule has 1 rings (SSSR count). The summed E-state index contributed by atoms with van der Waals surface area (Å²) in [6.07, 6.45) is 0. The third-order valence-electron chi connectivity index (χ3n) is 1.84. The Balaban J connectivity index is 2.72. The highest BCUT2D eigenvalue weighted by Crippen LogP contribution is 2.27. The Hall–Kier alpha value is -1.41. The zero-order chi connectivity index (χ0) is 13.7. The third-order valence-corrected chi connectivity index (χ3v) is 3.47. The molecule has 1 amide bonds. The van der Waals surface area contributed by atoms with Crippen LogP contribution in [0.25, 0.3) is 0 Å². The van der Waals surface area contributed by atoms with Gasteiger partial charge in [0.1, 0.15) is 11.4 Å². The van der Waals surface area contributed by atoms with Crippen molar-refractivity contribution in [1.82, 2.24) is 5.32 Å². The molecule has 0 unspecified atom stereocenters. The monoisotopic (exact) mass is 335 g/mol. The first-order valence-corrected chi connectivity index (χ1v) is 6.53. The maximum Gasteiger partial charge on any atom is 0.346 e. The highest BCUT2D eigenvalue weighted by atomic mass is 79.9. The normalized spacial score (nSPS) is 9.89. The molecule has 18 heavy (non-hydrogen) atoms. The molecule has 1 heterocycles. The second-order valence-corrected chi connectivity index (χ2v) is 5.52. The lowest BCUT2D eigenvalue weighted by molar-refractivity contribution is -0.141. The van der Waals surface area contributed by atoms with E-state index in [1.807, 2.05) is 0 Å². The number of carbonyl (C=O) groups is 3. The lowest BCUT2D eigenvalue weighted by atomic mass is 10.2. The van der Waals surface area contributed by atoms with Crippen molar-refractivity contribution in [2.45, 2.75) is 6.92 Å². The molecule has 2 N–H and O–H groups in total. The summed E-state index contributed by atoms with van der Waals surface area (Å²) >= 11 is 4.04. The number of amides is 1. The van der Waals surface area contributed by atoms with Gasteiger partial charge in [0.2, 0.25) is 0 Å². The summed E-state index contributed by atoms with van der Waals surface area (Å²) in [5, 5.41) is 11.2. The van der Waals surface area contributed by atoms with Crippen LogP contribution >= 0.6 is 27.3 Å². The molecule has 0 aliphatic heterocycles. The van der Waals surface area contributed by atoms with Crippen LogP contribution in [0.3, 0.4) is 0 Å². The SMILES string of the molecule is CCOC(=O)CNC(=O)c1cc(Br)sc1C(=O)O. The fourth-order valence-electron chi connectivity index (χ4n) is 1.15. The van der Waals surface area contributed by atoms with Crippen molar-refractivity contribution in [2.75, 3.05) is 13.2 Å². The molecular weight excluding hydrogens is 326 g/mol. The maximum atomic E-state index is 11.7. The van der Waals surface area contributed by atoms with E-state index < -0.39 is 17.8 Å². The number of esters is 1. The van der Waals surface area contributed by atoms with Crippen molar-refractivity contribution in [3.8, 4) is 0 Å². The lowest BCUT2D eigenvalue weighted by Gasteiger charge is -2.04. The number of hydrogen-bond donors (Lipinski definition) is 2. The third kappa shape index (κ3) is 3.81. The Morgan fingerprint density at radius 2 is 2.17 bits per heavy atom. The zero-order valence-corrected chi connectivity index (χ0v) is 11.8. The van der Waals surface area contributed by atoms with Crippen molar-refractivity contribution in [1.29, 1.82) is 0 Å². The fourth-order valence-corrected chi connectivity index (χ4v) is 2.58. The highest BCUT2D eigenvalue weighted by molar-refractivity contribution is 9.11. The summed E-state index contributed by atoms with van der Waals surface area (Å²) in [7, 11) is 0. The Kier molecular flexibility index (Phi) is 5.29. The Bertz CT molecular complexity index is 485. The fraction of sp³-hybridized carbons (Fsp3) is 0.300. The average molecular weight is 336 g/mol. The number of hydrogen-bond acceptors (Lipinski definition) is 5. The van der Waals surface area contributed by atoms with Crippen LogP contribution in [0.5, 0.6) is 0 Å². The van der Waals surface area contributed by atoms with Crippen LogP contribution in [-0.4, -0.2) is 36.1 Å². The molecule has 0 fully saturated rings. The van der Waals surface area contributed by atoms with Crippen LogP contribution in [-0.2, 0) is 9.53 Å². The first-order chi connectivity index (χ1) is 8.45. The van der Waals surface area contributed by atoms with Crippen LogP contribution in [0.2, 0.25) is 0 Å². The lowest BCUT2D eigenvalue weighted by Crippen LogP contribution is -2.31. The predicted octanol–water partition coefficient (Wildman–Crippen LogP) is 1.50. The molecule has 0 radical (unpaired) electrons. The van der Waals surface area contributed by atoms with E-state index in [1.165, 1.54) is 6.07 Å². The largest absolute Gasteiger partial charge is 0.477 e. The van der Waals surface area contributed by atoms with Gasteiger partial charge in [0, 0.05) is 0 Å². The van der Waals surface area contributed by atoms with Gasteiger partial charge in [-0.1, -0.05) is 0 Å². The number of nitrogens with one attached hydrogen (secondary N) is 1. The van der Waals surface area contributed by atoms with E-state index in [9.17, 15) is 14.4 Å². The number of rotatable bonds is 5.